The van der Waals surface area contributed by atoms with Crippen LogP contribution in [0.2, 0.25) is 0 Å². The summed E-state index contributed by atoms with van der Waals surface area (Å²) in [5.74, 6) is -0.223. The number of rotatable bonds is 1. The Labute approximate surface area is 88.9 Å². The van der Waals surface area contributed by atoms with Gasteiger partial charge in [0.15, 0.2) is 0 Å². The maximum Gasteiger partial charge on any atom is 0.348 e. The highest BCUT2D eigenvalue weighted by Crippen LogP contribution is 2.23. The van der Waals surface area contributed by atoms with Crippen molar-refractivity contribution in [3.05, 3.63) is 21.4 Å². The molecule has 2 nitrogen and oxygen atoms in total. The Morgan fingerprint density at radius 3 is 2.29 bits per heavy atom. The Morgan fingerprint density at radius 2 is 1.93 bits per heavy atom. The van der Waals surface area contributed by atoms with Crippen LogP contribution in [0.1, 0.15) is 40.9 Å². The van der Waals surface area contributed by atoms with Gasteiger partial charge in [-0.05, 0) is 46.2 Å². The summed E-state index contributed by atoms with van der Waals surface area (Å²) in [6.45, 7) is 9.63. The van der Waals surface area contributed by atoms with E-state index in [4.69, 9.17) is 4.74 Å². The van der Waals surface area contributed by atoms with E-state index in [0.29, 0.717) is 4.88 Å². The van der Waals surface area contributed by atoms with Gasteiger partial charge in [-0.25, -0.2) is 4.79 Å². The van der Waals surface area contributed by atoms with Gasteiger partial charge >= 0.3 is 5.97 Å². The second-order valence-electron chi connectivity index (χ2n) is 4.35. The van der Waals surface area contributed by atoms with E-state index in [-0.39, 0.29) is 5.97 Å². The van der Waals surface area contributed by atoms with Gasteiger partial charge in [0, 0.05) is 4.88 Å². The van der Waals surface area contributed by atoms with Crippen LogP contribution in [0.25, 0.3) is 0 Å². The Hall–Kier alpha value is -0.830. The van der Waals surface area contributed by atoms with Crippen LogP contribution in [0, 0.1) is 13.8 Å². The number of esters is 1. The van der Waals surface area contributed by atoms with Crippen molar-refractivity contribution in [2.75, 3.05) is 0 Å². The number of ether oxygens (including phenoxy) is 1. The Kier molecular flexibility index (Phi) is 3.00. The van der Waals surface area contributed by atoms with E-state index in [1.54, 1.807) is 0 Å². The molecule has 0 amide bonds. The van der Waals surface area contributed by atoms with Gasteiger partial charge in [0.2, 0.25) is 0 Å². The van der Waals surface area contributed by atoms with Crippen molar-refractivity contribution in [3.8, 4) is 0 Å². The van der Waals surface area contributed by atoms with Crippen LogP contribution in [0.15, 0.2) is 6.07 Å². The number of hydrogen-bond donors (Lipinski definition) is 0. The third-order valence-corrected chi connectivity index (χ3v) is 2.90. The fourth-order valence-electron chi connectivity index (χ4n) is 1.00. The highest BCUT2D eigenvalue weighted by Gasteiger charge is 2.19. The van der Waals surface area contributed by atoms with Gasteiger partial charge in [-0.3, -0.25) is 0 Å². The van der Waals surface area contributed by atoms with Crippen molar-refractivity contribution in [1.29, 1.82) is 0 Å². The number of carbonyl (C=O) groups excluding carboxylic acids is 1. The third-order valence-electron chi connectivity index (χ3n) is 1.77. The van der Waals surface area contributed by atoms with Crippen molar-refractivity contribution in [2.45, 2.75) is 40.2 Å². The fourth-order valence-corrected chi connectivity index (χ4v) is 1.91. The molecular formula is C11H16O2S. The summed E-state index contributed by atoms with van der Waals surface area (Å²) < 4.78 is 5.26. The summed E-state index contributed by atoms with van der Waals surface area (Å²) >= 11 is 1.49. The Balaban J connectivity index is 2.80. The molecule has 0 fully saturated rings. The van der Waals surface area contributed by atoms with Gasteiger partial charge in [-0.15, -0.1) is 11.3 Å². The lowest BCUT2D eigenvalue weighted by Crippen LogP contribution is -2.23. The molecular weight excluding hydrogens is 196 g/mol. The predicted molar refractivity (Wildman–Crippen MR) is 59.0 cm³/mol. The average molecular weight is 212 g/mol. The molecule has 0 aliphatic rings. The summed E-state index contributed by atoms with van der Waals surface area (Å²) in [6, 6.07) is 1.88. The summed E-state index contributed by atoms with van der Waals surface area (Å²) in [7, 11) is 0. The molecule has 0 bridgehead atoms. The van der Waals surface area contributed by atoms with E-state index in [1.807, 2.05) is 40.7 Å². The first-order chi connectivity index (χ1) is 6.29. The van der Waals surface area contributed by atoms with Gasteiger partial charge in [-0.2, -0.15) is 0 Å². The van der Waals surface area contributed by atoms with Crippen LogP contribution in [-0.4, -0.2) is 11.6 Å². The molecule has 0 saturated carbocycles. The molecule has 0 radical (unpaired) electrons. The first kappa shape index (κ1) is 11.2. The second kappa shape index (κ2) is 3.73. The van der Waals surface area contributed by atoms with E-state index < -0.39 is 5.60 Å². The Morgan fingerprint density at radius 1 is 1.36 bits per heavy atom. The zero-order valence-corrected chi connectivity index (χ0v) is 10.1. The molecule has 1 heterocycles. The van der Waals surface area contributed by atoms with Crippen molar-refractivity contribution in [1.82, 2.24) is 0 Å². The molecule has 1 aromatic heterocycles. The molecule has 14 heavy (non-hydrogen) atoms. The van der Waals surface area contributed by atoms with Crippen molar-refractivity contribution in [2.24, 2.45) is 0 Å². The van der Waals surface area contributed by atoms with Crippen molar-refractivity contribution < 1.29 is 9.53 Å². The summed E-state index contributed by atoms with van der Waals surface area (Å²) in [5.41, 5.74) is 0.735. The normalized spacial score (nSPS) is 11.5. The van der Waals surface area contributed by atoms with E-state index in [1.165, 1.54) is 16.2 Å². The van der Waals surface area contributed by atoms with Gasteiger partial charge in [-0.1, -0.05) is 0 Å². The largest absolute Gasteiger partial charge is 0.456 e. The Bertz CT molecular complexity index is 325. The monoisotopic (exact) mass is 212 g/mol. The minimum atomic E-state index is -0.414. The van der Waals surface area contributed by atoms with Crippen LogP contribution >= 0.6 is 11.3 Å². The molecule has 0 N–H and O–H groups in total. The first-order valence-corrected chi connectivity index (χ1v) is 5.41. The summed E-state index contributed by atoms with van der Waals surface area (Å²) in [5, 5.41) is 0. The highest BCUT2D eigenvalue weighted by molar-refractivity contribution is 7.14. The zero-order valence-electron chi connectivity index (χ0n) is 9.30. The van der Waals surface area contributed by atoms with Gasteiger partial charge in [0.25, 0.3) is 0 Å². The highest BCUT2D eigenvalue weighted by atomic mass is 32.1. The van der Waals surface area contributed by atoms with E-state index in [9.17, 15) is 4.79 Å². The number of aryl methyl sites for hydroxylation is 2. The molecule has 0 aromatic carbocycles. The van der Waals surface area contributed by atoms with Crippen LogP contribution in [0.4, 0.5) is 0 Å². The topological polar surface area (TPSA) is 26.3 Å². The number of thiophene rings is 1. The smallest absolute Gasteiger partial charge is 0.348 e. The lowest BCUT2D eigenvalue weighted by molar-refractivity contribution is 0.00752. The zero-order chi connectivity index (χ0) is 10.9. The van der Waals surface area contributed by atoms with E-state index in [0.717, 1.165) is 5.56 Å². The number of hydrogen-bond acceptors (Lipinski definition) is 3. The van der Waals surface area contributed by atoms with Gasteiger partial charge < -0.3 is 4.74 Å². The molecule has 78 valence electrons. The standard InChI is InChI=1S/C11H16O2S/c1-7-6-9(14-8(7)2)10(12)13-11(3,4)5/h6H,1-5H3. The van der Waals surface area contributed by atoms with Crippen molar-refractivity contribution >= 4 is 17.3 Å². The van der Waals surface area contributed by atoms with Crippen LogP contribution < -0.4 is 0 Å². The van der Waals surface area contributed by atoms with Gasteiger partial charge in [0.05, 0.1) is 0 Å². The molecule has 0 atom stereocenters. The molecule has 0 aliphatic carbocycles. The van der Waals surface area contributed by atoms with Gasteiger partial charge in [0.1, 0.15) is 10.5 Å². The number of carbonyl (C=O) groups is 1. The van der Waals surface area contributed by atoms with Crippen LogP contribution in [0.3, 0.4) is 0 Å². The fraction of sp³-hybridized carbons (Fsp3) is 0.545. The molecule has 0 spiro atoms. The van der Waals surface area contributed by atoms with Crippen molar-refractivity contribution in [3.63, 3.8) is 0 Å². The molecule has 0 aliphatic heterocycles. The first-order valence-electron chi connectivity index (χ1n) is 4.60. The maximum atomic E-state index is 11.6. The average Bonchev–Trinajstić information content (AvgIpc) is 2.28. The van der Waals surface area contributed by atoms with Crippen LogP contribution in [0.5, 0.6) is 0 Å². The minimum Gasteiger partial charge on any atom is -0.456 e. The lowest BCUT2D eigenvalue weighted by Gasteiger charge is -2.18. The SMILES string of the molecule is Cc1cc(C(=O)OC(C)(C)C)sc1C. The quantitative estimate of drug-likeness (QED) is 0.667. The minimum absolute atomic E-state index is 0.223. The van der Waals surface area contributed by atoms with Crippen LogP contribution in [-0.2, 0) is 4.74 Å². The molecule has 0 unspecified atom stereocenters. The second-order valence-corrected chi connectivity index (χ2v) is 5.61. The predicted octanol–water partition coefficient (Wildman–Crippen LogP) is 3.32. The molecule has 3 heteroatoms. The summed E-state index contributed by atoms with van der Waals surface area (Å²) in [6.07, 6.45) is 0. The summed E-state index contributed by atoms with van der Waals surface area (Å²) in [4.78, 5) is 13.5. The van der Waals surface area contributed by atoms with E-state index >= 15 is 0 Å². The molecule has 0 saturated heterocycles. The molecule has 1 rings (SSSR count). The third kappa shape index (κ3) is 2.84. The lowest BCUT2D eigenvalue weighted by atomic mass is 10.2. The molecule has 1 aromatic rings. The maximum absolute atomic E-state index is 11.6. The van der Waals surface area contributed by atoms with E-state index in [2.05, 4.69) is 0 Å².